The Morgan fingerprint density at radius 1 is 1.20 bits per heavy atom. The predicted molar refractivity (Wildman–Crippen MR) is 76.3 cm³/mol. The van der Waals surface area contributed by atoms with Crippen LogP contribution in [0, 0.1) is 18.6 Å². The molecule has 0 aliphatic rings. The summed E-state index contributed by atoms with van der Waals surface area (Å²) in [5.74, 6) is 4.36. The molecule has 1 unspecified atom stereocenters. The first-order valence-electron chi connectivity index (χ1n) is 6.17. The Morgan fingerprint density at radius 2 is 1.95 bits per heavy atom. The average molecular weight is 297 g/mol. The molecular weight excluding hydrogens is 282 g/mol. The van der Waals surface area contributed by atoms with Crippen molar-refractivity contribution in [2.24, 2.45) is 5.84 Å². The highest BCUT2D eigenvalue weighted by Gasteiger charge is 2.14. The zero-order valence-corrected chi connectivity index (χ0v) is 11.7. The van der Waals surface area contributed by atoms with E-state index in [9.17, 15) is 8.78 Å². The van der Waals surface area contributed by atoms with E-state index in [2.05, 4.69) is 5.43 Å². The summed E-state index contributed by atoms with van der Waals surface area (Å²) in [6.45, 7) is 1.90. The Bertz CT molecular complexity index is 617. The smallest absolute Gasteiger partial charge is 0.129 e. The minimum absolute atomic E-state index is 0.298. The van der Waals surface area contributed by atoms with Gasteiger partial charge < -0.3 is 0 Å². The summed E-state index contributed by atoms with van der Waals surface area (Å²) in [5.41, 5.74) is 4.84. The molecule has 2 nitrogen and oxygen atoms in total. The molecule has 0 aromatic heterocycles. The Labute approximate surface area is 121 Å². The van der Waals surface area contributed by atoms with Crippen molar-refractivity contribution >= 4 is 11.6 Å². The Hall–Kier alpha value is -1.49. The lowest BCUT2D eigenvalue weighted by atomic mass is 9.98. The third-order valence-electron chi connectivity index (χ3n) is 3.24. The zero-order valence-electron chi connectivity index (χ0n) is 11.0. The van der Waals surface area contributed by atoms with E-state index in [1.54, 1.807) is 6.07 Å². The minimum atomic E-state index is -0.595. The standard InChI is InChI=1S/C15H15ClF2N2/c1-9-2-3-11(6-13(9)16)15(20-19)7-10-4-5-12(17)8-14(10)18/h2-6,8,15,20H,7,19H2,1H3. The highest BCUT2D eigenvalue weighted by atomic mass is 35.5. The predicted octanol–water partition coefficient (Wildman–Crippen LogP) is 3.67. The van der Waals surface area contributed by atoms with Gasteiger partial charge in [0.2, 0.25) is 0 Å². The molecule has 0 aliphatic carbocycles. The molecule has 2 aromatic carbocycles. The zero-order chi connectivity index (χ0) is 14.7. The molecule has 0 fully saturated rings. The lowest BCUT2D eigenvalue weighted by molar-refractivity contribution is 0.522. The lowest BCUT2D eigenvalue weighted by Gasteiger charge is -2.17. The molecule has 0 spiro atoms. The van der Waals surface area contributed by atoms with Crippen LogP contribution in [0.4, 0.5) is 8.78 Å². The first-order valence-corrected chi connectivity index (χ1v) is 6.55. The van der Waals surface area contributed by atoms with E-state index in [1.165, 1.54) is 12.1 Å². The number of nitrogens with one attached hydrogen (secondary N) is 1. The van der Waals surface area contributed by atoms with E-state index < -0.39 is 11.6 Å². The van der Waals surface area contributed by atoms with Crippen LogP contribution in [-0.2, 0) is 6.42 Å². The number of nitrogens with two attached hydrogens (primary N) is 1. The second-order valence-corrected chi connectivity index (χ2v) is 5.07. The van der Waals surface area contributed by atoms with Gasteiger partial charge in [-0.1, -0.05) is 29.8 Å². The van der Waals surface area contributed by atoms with Crippen molar-refractivity contribution in [3.63, 3.8) is 0 Å². The highest BCUT2D eigenvalue weighted by Crippen LogP contribution is 2.24. The largest absolute Gasteiger partial charge is 0.271 e. The quantitative estimate of drug-likeness (QED) is 0.667. The fraction of sp³-hybridized carbons (Fsp3) is 0.200. The van der Waals surface area contributed by atoms with E-state index >= 15 is 0 Å². The minimum Gasteiger partial charge on any atom is -0.271 e. The summed E-state index contributed by atoms with van der Waals surface area (Å²) in [6.07, 6.45) is 0.308. The molecule has 20 heavy (non-hydrogen) atoms. The van der Waals surface area contributed by atoms with Gasteiger partial charge in [-0.3, -0.25) is 11.3 Å². The first kappa shape index (κ1) is 14.9. The van der Waals surface area contributed by atoms with Crippen LogP contribution < -0.4 is 11.3 Å². The van der Waals surface area contributed by atoms with Crippen LogP contribution in [-0.4, -0.2) is 0 Å². The number of aryl methyl sites for hydroxylation is 1. The number of hydrogen-bond donors (Lipinski definition) is 2. The van der Waals surface area contributed by atoms with Gasteiger partial charge in [-0.15, -0.1) is 0 Å². The van der Waals surface area contributed by atoms with Crippen molar-refractivity contribution in [1.29, 1.82) is 0 Å². The lowest BCUT2D eigenvalue weighted by Crippen LogP contribution is -2.29. The van der Waals surface area contributed by atoms with Gasteiger partial charge in [0.1, 0.15) is 11.6 Å². The van der Waals surface area contributed by atoms with Gasteiger partial charge in [-0.05, 0) is 42.2 Å². The molecule has 3 N–H and O–H groups in total. The van der Waals surface area contributed by atoms with Crippen LogP contribution in [0.15, 0.2) is 36.4 Å². The molecule has 1 atom stereocenters. The van der Waals surface area contributed by atoms with Crippen molar-refractivity contribution in [1.82, 2.24) is 5.43 Å². The van der Waals surface area contributed by atoms with Crippen LogP contribution in [0.2, 0.25) is 5.02 Å². The number of benzene rings is 2. The summed E-state index contributed by atoms with van der Waals surface area (Å²) < 4.78 is 26.6. The number of rotatable bonds is 4. The topological polar surface area (TPSA) is 38.0 Å². The molecule has 0 amide bonds. The normalized spacial score (nSPS) is 12.4. The molecular formula is C15H15ClF2N2. The summed E-state index contributed by atoms with van der Waals surface area (Å²) in [4.78, 5) is 0. The maximum absolute atomic E-state index is 13.7. The van der Waals surface area contributed by atoms with Crippen molar-refractivity contribution in [2.75, 3.05) is 0 Å². The second-order valence-electron chi connectivity index (χ2n) is 4.67. The number of halogens is 3. The van der Waals surface area contributed by atoms with E-state index in [1.807, 2.05) is 19.1 Å². The van der Waals surface area contributed by atoms with Gasteiger partial charge in [0.05, 0.1) is 6.04 Å². The first-order chi connectivity index (χ1) is 9.51. The van der Waals surface area contributed by atoms with Crippen LogP contribution >= 0.6 is 11.6 Å². The Kier molecular flexibility index (Phi) is 4.70. The van der Waals surface area contributed by atoms with E-state index in [0.29, 0.717) is 17.0 Å². The van der Waals surface area contributed by atoms with Gasteiger partial charge in [0.15, 0.2) is 0 Å². The Morgan fingerprint density at radius 3 is 2.55 bits per heavy atom. The maximum atomic E-state index is 13.7. The molecule has 0 aliphatic heterocycles. The molecule has 2 rings (SSSR count). The molecule has 5 heteroatoms. The fourth-order valence-corrected chi connectivity index (χ4v) is 2.19. The van der Waals surface area contributed by atoms with Gasteiger partial charge in [-0.25, -0.2) is 8.78 Å². The van der Waals surface area contributed by atoms with Crippen molar-refractivity contribution in [3.8, 4) is 0 Å². The summed E-state index contributed by atoms with van der Waals surface area (Å²) in [5, 5.41) is 0.627. The van der Waals surface area contributed by atoms with E-state index in [0.717, 1.165) is 17.2 Å². The molecule has 0 bridgehead atoms. The second kappa shape index (κ2) is 6.31. The van der Waals surface area contributed by atoms with Crippen molar-refractivity contribution in [3.05, 3.63) is 69.7 Å². The van der Waals surface area contributed by atoms with Gasteiger partial charge in [0, 0.05) is 11.1 Å². The average Bonchev–Trinajstić information content (AvgIpc) is 2.41. The fourth-order valence-electron chi connectivity index (χ4n) is 2.01. The number of hydrazine groups is 1. The maximum Gasteiger partial charge on any atom is 0.129 e. The van der Waals surface area contributed by atoms with Gasteiger partial charge in [0.25, 0.3) is 0 Å². The van der Waals surface area contributed by atoms with Gasteiger partial charge >= 0.3 is 0 Å². The van der Waals surface area contributed by atoms with Crippen molar-refractivity contribution < 1.29 is 8.78 Å². The van der Waals surface area contributed by atoms with Gasteiger partial charge in [-0.2, -0.15) is 0 Å². The van der Waals surface area contributed by atoms with Crippen LogP contribution in [0.5, 0.6) is 0 Å². The monoisotopic (exact) mass is 296 g/mol. The number of hydrogen-bond acceptors (Lipinski definition) is 2. The molecule has 0 radical (unpaired) electrons. The van der Waals surface area contributed by atoms with Crippen molar-refractivity contribution in [2.45, 2.75) is 19.4 Å². The van der Waals surface area contributed by atoms with Crippen LogP contribution in [0.3, 0.4) is 0 Å². The molecule has 0 heterocycles. The molecule has 2 aromatic rings. The SMILES string of the molecule is Cc1ccc(C(Cc2ccc(F)cc2F)NN)cc1Cl. The van der Waals surface area contributed by atoms with E-state index in [-0.39, 0.29) is 6.04 Å². The molecule has 0 saturated carbocycles. The molecule has 106 valence electrons. The molecule has 0 saturated heterocycles. The summed E-state index contributed by atoms with van der Waals surface area (Å²) in [7, 11) is 0. The van der Waals surface area contributed by atoms with E-state index in [4.69, 9.17) is 17.4 Å². The third-order valence-corrected chi connectivity index (χ3v) is 3.65. The third kappa shape index (κ3) is 3.33. The summed E-state index contributed by atoms with van der Waals surface area (Å²) in [6, 6.07) is 8.77. The van der Waals surface area contributed by atoms with Crippen LogP contribution in [0.1, 0.15) is 22.7 Å². The van der Waals surface area contributed by atoms with Crippen LogP contribution in [0.25, 0.3) is 0 Å². The summed E-state index contributed by atoms with van der Waals surface area (Å²) >= 11 is 6.08. The highest BCUT2D eigenvalue weighted by molar-refractivity contribution is 6.31. The Balaban J connectivity index is 2.26.